The van der Waals surface area contributed by atoms with Crippen molar-refractivity contribution >= 4 is 47.3 Å². The molecule has 5 aliphatic heterocycles. The maximum Gasteiger partial charge on any atom is 0.407 e. The van der Waals surface area contributed by atoms with Crippen LogP contribution in [0.1, 0.15) is 62.6 Å². The number of hydrogen-bond acceptors (Lipinski definition) is 11. The van der Waals surface area contributed by atoms with Crippen LogP contribution >= 0.6 is 0 Å². The molecule has 5 aromatic rings. The number of nitrogens with zero attached hydrogens (tertiary/aromatic N) is 5. The highest BCUT2D eigenvalue weighted by Gasteiger charge is 2.36. The summed E-state index contributed by atoms with van der Waals surface area (Å²) in [6.45, 7) is 1.24. The standard InChI is InChI=1S/C54H47N5O10/c1-64-47-22-41-44(55-26-35-19-32(28-58(35)52(41)60)9-7-16-57(54(62)63)30-43-39-12-5-3-10-37(39)38-11-4-6-13-40(38)43)24-50(47)66-17-8-18-67-51-25-45-42(23-48(51)65-2)53(61)59-29-34(20-36(59)27-56-45)33-14-15-46-49(21-33)69-31-68-46/h3-7,9-15,21-29,35-36,43H,8,16-20,30-31H2,1-2H3,(H,62,63)/b9-7+/t35-,36-/m0/s1. The maximum absolute atomic E-state index is 14.0. The van der Waals surface area contributed by atoms with E-state index in [2.05, 4.69) is 24.3 Å². The summed E-state index contributed by atoms with van der Waals surface area (Å²) in [5.41, 5.74) is 9.11. The third-order valence-electron chi connectivity index (χ3n) is 13.3. The second-order valence-electron chi connectivity index (χ2n) is 17.4. The second-order valence-corrected chi connectivity index (χ2v) is 17.4. The predicted molar refractivity (Wildman–Crippen MR) is 258 cm³/mol. The number of amides is 3. The van der Waals surface area contributed by atoms with E-state index >= 15 is 0 Å². The number of benzene rings is 5. The minimum Gasteiger partial charge on any atom is -0.493 e. The van der Waals surface area contributed by atoms with Crippen LogP contribution in [0.25, 0.3) is 16.7 Å². The number of hydrogen-bond donors (Lipinski definition) is 1. The Kier molecular flexibility index (Phi) is 11.3. The quantitative estimate of drug-likeness (QED) is 0.106. The number of allylic oxidation sites excluding steroid dienone is 1. The molecule has 15 heteroatoms. The van der Waals surface area contributed by atoms with Crippen LogP contribution in [0, 0.1) is 0 Å². The molecule has 0 fully saturated rings. The summed E-state index contributed by atoms with van der Waals surface area (Å²) in [6, 6.07) is 28.3. The molecule has 3 amide bonds. The summed E-state index contributed by atoms with van der Waals surface area (Å²) in [4.78, 5) is 54.6. The van der Waals surface area contributed by atoms with E-state index in [0.29, 0.717) is 82.8 Å². The molecule has 11 rings (SSSR count). The molecule has 5 aromatic carbocycles. The Labute approximate surface area is 397 Å². The Morgan fingerprint density at radius 2 is 1.32 bits per heavy atom. The van der Waals surface area contributed by atoms with Gasteiger partial charge in [0.05, 0.1) is 62.0 Å². The van der Waals surface area contributed by atoms with Crippen molar-refractivity contribution in [2.24, 2.45) is 9.98 Å². The van der Waals surface area contributed by atoms with E-state index in [-0.39, 0.29) is 56.4 Å². The summed E-state index contributed by atoms with van der Waals surface area (Å²) < 4.78 is 34.7. The van der Waals surface area contributed by atoms with Crippen LogP contribution in [-0.2, 0) is 0 Å². The maximum atomic E-state index is 14.0. The van der Waals surface area contributed by atoms with Gasteiger partial charge in [-0.1, -0.05) is 66.7 Å². The van der Waals surface area contributed by atoms with Gasteiger partial charge in [0.25, 0.3) is 11.8 Å². The van der Waals surface area contributed by atoms with Crippen molar-refractivity contribution in [3.05, 3.63) is 149 Å². The molecule has 5 heterocycles. The van der Waals surface area contributed by atoms with Crippen molar-refractivity contribution in [3.63, 3.8) is 0 Å². The van der Waals surface area contributed by atoms with E-state index in [4.69, 9.17) is 38.4 Å². The van der Waals surface area contributed by atoms with Crippen LogP contribution in [0.15, 0.2) is 131 Å². The lowest BCUT2D eigenvalue weighted by atomic mass is 9.96. The van der Waals surface area contributed by atoms with Gasteiger partial charge < -0.3 is 48.2 Å². The lowest BCUT2D eigenvalue weighted by Gasteiger charge is -2.23. The first-order chi connectivity index (χ1) is 33.7. The fourth-order valence-corrected chi connectivity index (χ4v) is 9.85. The number of aliphatic imine (C=N–C) groups is 2. The first kappa shape index (κ1) is 43.3. The summed E-state index contributed by atoms with van der Waals surface area (Å²) in [7, 11) is 3.05. The van der Waals surface area contributed by atoms with Crippen molar-refractivity contribution < 1.29 is 47.9 Å². The van der Waals surface area contributed by atoms with Crippen LogP contribution in [0.4, 0.5) is 16.2 Å². The first-order valence-corrected chi connectivity index (χ1v) is 22.8. The molecule has 2 atom stereocenters. The van der Waals surface area contributed by atoms with Gasteiger partial charge in [-0.2, -0.15) is 0 Å². The lowest BCUT2D eigenvalue weighted by Crippen LogP contribution is -2.33. The molecule has 1 aliphatic carbocycles. The molecule has 69 heavy (non-hydrogen) atoms. The molecule has 0 spiro atoms. The van der Waals surface area contributed by atoms with Crippen molar-refractivity contribution in [2.75, 3.05) is 47.3 Å². The van der Waals surface area contributed by atoms with Crippen molar-refractivity contribution in [3.8, 4) is 45.6 Å². The number of carbonyl (C=O) groups is 3. The third-order valence-corrected chi connectivity index (χ3v) is 13.3. The average molecular weight is 926 g/mol. The highest BCUT2D eigenvalue weighted by Crippen LogP contribution is 2.46. The molecule has 0 aromatic heterocycles. The van der Waals surface area contributed by atoms with E-state index in [0.717, 1.165) is 39.0 Å². The predicted octanol–water partition coefficient (Wildman–Crippen LogP) is 9.41. The summed E-state index contributed by atoms with van der Waals surface area (Å²) in [5, 5.41) is 10.2. The van der Waals surface area contributed by atoms with Gasteiger partial charge in [0.1, 0.15) is 0 Å². The van der Waals surface area contributed by atoms with Crippen LogP contribution < -0.4 is 28.4 Å². The average Bonchev–Trinajstić information content (AvgIpc) is 4.16. The third kappa shape index (κ3) is 8.09. The Bertz CT molecular complexity index is 3040. The molecule has 1 N–H and O–H groups in total. The van der Waals surface area contributed by atoms with Crippen molar-refractivity contribution in [2.45, 2.75) is 37.3 Å². The van der Waals surface area contributed by atoms with E-state index in [1.165, 1.54) is 19.1 Å². The zero-order valence-electron chi connectivity index (χ0n) is 37.9. The van der Waals surface area contributed by atoms with E-state index < -0.39 is 6.09 Å². The number of ether oxygens (including phenoxy) is 6. The largest absolute Gasteiger partial charge is 0.493 e. The molecule has 6 aliphatic rings. The molecule has 15 nitrogen and oxygen atoms in total. The smallest absolute Gasteiger partial charge is 0.407 e. The van der Waals surface area contributed by atoms with Crippen molar-refractivity contribution in [1.29, 1.82) is 0 Å². The molecule has 0 saturated carbocycles. The lowest BCUT2D eigenvalue weighted by molar-refractivity contribution is 0.0809. The minimum atomic E-state index is -0.995. The van der Waals surface area contributed by atoms with E-state index in [9.17, 15) is 19.5 Å². The normalized spacial score (nSPS) is 18.1. The van der Waals surface area contributed by atoms with E-state index in [1.807, 2.05) is 60.8 Å². The zero-order valence-corrected chi connectivity index (χ0v) is 37.9. The van der Waals surface area contributed by atoms with Crippen LogP contribution in [0.5, 0.6) is 34.5 Å². The van der Waals surface area contributed by atoms with Crippen molar-refractivity contribution in [1.82, 2.24) is 14.7 Å². The van der Waals surface area contributed by atoms with Gasteiger partial charge in [0.15, 0.2) is 34.5 Å². The number of rotatable bonds is 14. The molecule has 0 bridgehead atoms. The second kappa shape index (κ2) is 18.1. The highest BCUT2D eigenvalue weighted by atomic mass is 16.7. The molecule has 0 radical (unpaired) electrons. The van der Waals surface area contributed by atoms with Gasteiger partial charge in [-0.15, -0.1) is 0 Å². The minimum absolute atomic E-state index is 0.0647. The highest BCUT2D eigenvalue weighted by molar-refractivity contribution is 6.06. The fourth-order valence-electron chi connectivity index (χ4n) is 9.85. The summed E-state index contributed by atoms with van der Waals surface area (Å²) in [5.74, 6) is 2.57. The van der Waals surface area contributed by atoms with Gasteiger partial charge in [-0.3, -0.25) is 19.6 Å². The van der Waals surface area contributed by atoms with Gasteiger partial charge in [-0.25, -0.2) is 4.79 Å². The number of carboxylic acid groups (broad SMARTS) is 1. The zero-order chi connectivity index (χ0) is 47.2. The van der Waals surface area contributed by atoms with Gasteiger partial charge in [0.2, 0.25) is 6.79 Å². The number of carbonyl (C=O) groups excluding carboxylic acids is 2. The van der Waals surface area contributed by atoms with Gasteiger partial charge in [-0.05, 0) is 69.6 Å². The molecular formula is C54H47N5O10. The SMILES string of the molecule is COc1cc2c(cc1OCCCOc1cc3c(cc1OC)C(=O)N1C=C(c4ccc5c(c4)OCO5)C[C@H]1C=N3)N=C[C@@H]1CC(/C=C/CN(CC3c4ccccc4-c4ccccc43)C(=O)O)=CN1C2=O. The van der Waals surface area contributed by atoms with E-state index in [1.54, 1.807) is 52.7 Å². The molecule has 0 unspecified atom stereocenters. The molecular weight excluding hydrogens is 879 g/mol. The first-order valence-electron chi connectivity index (χ1n) is 22.8. The Balaban J connectivity index is 0.704. The Morgan fingerprint density at radius 3 is 1.94 bits per heavy atom. The molecule has 0 saturated heterocycles. The number of methoxy groups -OCH3 is 2. The monoisotopic (exact) mass is 925 g/mol. The summed E-state index contributed by atoms with van der Waals surface area (Å²) >= 11 is 0. The van der Waals surface area contributed by atoms with Crippen LogP contribution in [0.2, 0.25) is 0 Å². The van der Waals surface area contributed by atoms with Gasteiger partial charge >= 0.3 is 6.09 Å². The topological polar surface area (TPSA) is 161 Å². The Morgan fingerprint density at radius 1 is 0.725 bits per heavy atom. The van der Waals surface area contributed by atoms with Crippen LogP contribution in [-0.4, -0.2) is 110 Å². The number of fused-ring (bicyclic) bond motifs is 8. The van der Waals surface area contributed by atoms with Gasteiger partial charge in [0, 0.05) is 68.8 Å². The fraction of sp³-hybridized carbons (Fsp3) is 0.241. The summed E-state index contributed by atoms with van der Waals surface area (Å²) in [6.07, 6.45) is 11.6. The van der Waals surface area contributed by atoms with Crippen LogP contribution in [0.3, 0.4) is 0 Å². The Hall–Kier alpha value is -8.33. The molecule has 348 valence electrons.